The fourth-order valence-electron chi connectivity index (χ4n) is 3.34. The van der Waals surface area contributed by atoms with Gasteiger partial charge in [-0.25, -0.2) is 8.42 Å². The quantitative estimate of drug-likeness (QED) is 0.810. The van der Waals surface area contributed by atoms with Crippen molar-refractivity contribution in [1.29, 1.82) is 0 Å². The van der Waals surface area contributed by atoms with E-state index in [4.69, 9.17) is 0 Å². The van der Waals surface area contributed by atoms with Gasteiger partial charge in [-0.3, -0.25) is 4.79 Å². The smallest absolute Gasteiger partial charge is 0.255 e. The van der Waals surface area contributed by atoms with Crippen LogP contribution in [0, 0.1) is 6.92 Å². The van der Waals surface area contributed by atoms with Crippen LogP contribution >= 0.6 is 0 Å². The molecule has 1 aliphatic heterocycles. The lowest BCUT2D eigenvalue weighted by Gasteiger charge is -2.16. The predicted octanol–water partition coefficient (Wildman–Crippen LogP) is 3.56. The summed E-state index contributed by atoms with van der Waals surface area (Å²) in [4.78, 5) is 15.1. The maximum absolute atomic E-state index is 13.1. The van der Waals surface area contributed by atoms with Gasteiger partial charge in [0, 0.05) is 24.9 Å². The standard InChI is InChI=1S/C21H23NO3S/c1-4-13-22-14-18(16-11-9-15(2)10-12-16)20(21(22)23)17-7-5-6-8-19(17)26(3,24)25/h5-12H,4,13-14H2,1-3H3. The molecule has 5 heteroatoms. The first kappa shape index (κ1) is 18.4. The monoisotopic (exact) mass is 369 g/mol. The third-order valence-electron chi connectivity index (χ3n) is 4.60. The van der Waals surface area contributed by atoms with E-state index in [9.17, 15) is 13.2 Å². The summed E-state index contributed by atoms with van der Waals surface area (Å²) < 4.78 is 24.5. The summed E-state index contributed by atoms with van der Waals surface area (Å²) in [7, 11) is -3.44. The van der Waals surface area contributed by atoms with Crippen LogP contribution in [-0.4, -0.2) is 38.6 Å². The van der Waals surface area contributed by atoms with Crippen LogP contribution in [-0.2, 0) is 14.6 Å². The van der Waals surface area contributed by atoms with Crippen LogP contribution in [0.25, 0.3) is 11.1 Å². The topological polar surface area (TPSA) is 54.5 Å². The number of carbonyl (C=O) groups excluding carboxylic acids is 1. The summed E-state index contributed by atoms with van der Waals surface area (Å²) in [6.45, 7) is 5.20. The lowest BCUT2D eigenvalue weighted by Crippen LogP contribution is -2.27. The molecule has 0 aromatic heterocycles. The normalized spacial score (nSPS) is 15.0. The van der Waals surface area contributed by atoms with E-state index < -0.39 is 9.84 Å². The van der Waals surface area contributed by atoms with Crippen molar-refractivity contribution in [3.63, 3.8) is 0 Å². The first-order chi connectivity index (χ1) is 12.3. The number of hydrogen-bond donors (Lipinski definition) is 0. The van der Waals surface area contributed by atoms with Crippen LogP contribution in [0.5, 0.6) is 0 Å². The van der Waals surface area contributed by atoms with Crippen LogP contribution < -0.4 is 0 Å². The van der Waals surface area contributed by atoms with Crippen molar-refractivity contribution < 1.29 is 13.2 Å². The largest absolute Gasteiger partial charge is 0.334 e. The molecule has 0 aliphatic carbocycles. The summed E-state index contributed by atoms with van der Waals surface area (Å²) in [5, 5.41) is 0. The van der Waals surface area contributed by atoms with Gasteiger partial charge in [-0.2, -0.15) is 0 Å². The van der Waals surface area contributed by atoms with Gasteiger partial charge in [0.15, 0.2) is 9.84 Å². The molecule has 0 fully saturated rings. The third-order valence-corrected chi connectivity index (χ3v) is 5.76. The Morgan fingerprint density at radius 1 is 1.04 bits per heavy atom. The molecular formula is C21H23NO3S. The van der Waals surface area contributed by atoms with Crippen molar-refractivity contribution in [2.75, 3.05) is 19.3 Å². The molecule has 1 heterocycles. The van der Waals surface area contributed by atoms with Crippen molar-refractivity contribution in [2.45, 2.75) is 25.2 Å². The van der Waals surface area contributed by atoms with Gasteiger partial charge in [0.2, 0.25) is 0 Å². The molecule has 0 N–H and O–H groups in total. The fourth-order valence-corrected chi connectivity index (χ4v) is 4.24. The van der Waals surface area contributed by atoms with Gasteiger partial charge < -0.3 is 4.90 Å². The Kier molecular flexibility index (Phi) is 5.01. The van der Waals surface area contributed by atoms with E-state index in [1.807, 2.05) is 38.1 Å². The Morgan fingerprint density at radius 2 is 1.69 bits per heavy atom. The number of carbonyl (C=O) groups is 1. The Balaban J connectivity index is 2.24. The van der Waals surface area contributed by atoms with Crippen LogP contribution in [0.15, 0.2) is 53.4 Å². The third kappa shape index (κ3) is 3.44. The molecule has 0 unspecified atom stereocenters. The van der Waals surface area contributed by atoms with Gasteiger partial charge in [-0.05, 0) is 30.5 Å². The highest BCUT2D eigenvalue weighted by atomic mass is 32.2. The zero-order valence-electron chi connectivity index (χ0n) is 15.3. The highest BCUT2D eigenvalue weighted by Gasteiger charge is 2.33. The summed E-state index contributed by atoms with van der Waals surface area (Å²) in [6, 6.07) is 14.8. The average Bonchev–Trinajstić information content (AvgIpc) is 2.92. The summed E-state index contributed by atoms with van der Waals surface area (Å²) in [6.07, 6.45) is 2.04. The molecule has 26 heavy (non-hydrogen) atoms. The zero-order valence-corrected chi connectivity index (χ0v) is 16.1. The number of sulfone groups is 1. The van der Waals surface area contributed by atoms with Crippen LogP contribution in [0.1, 0.15) is 30.0 Å². The van der Waals surface area contributed by atoms with E-state index in [1.165, 1.54) is 6.26 Å². The van der Waals surface area contributed by atoms with Gasteiger partial charge in [0.1, 0.15) is 0 Å². The number of benzene rings is 2. The second kappa shape index (κ2) is 7.08. The molecule has 2 aromatic rings. The minimum absolute atomic E-state index is 0.0986. The van der Waals surface area contributed by atoms with E-state index in [0.29, 0.717) is 24.2 Å². The molecule has 3 rings (SSSR count). The Morgan fingerprint density at radius 3 is 2.31 bits per heavy atom. The van der Waals surface area contributed by atoms with Gasteiger partial charge in [-0.1, -0.05) is 55.0 Å². The lowest BCUT2D eigenvalue weighted by atomic mass is 9.96. The molecule has 0 atom stereocenters. The summed E-state index contributed by atoms with van der Waals surface area (Å²) >= 11 is 0. The van der Waals surface area contributed by atoms with E-state index >= 15 is 0 Å². The molecule has 0 saturated heterocycles. The van der Waals surface area contributed by atoms with Gasteiger partial charge in [0.25, 0.3) is 5.91 Å². The van der Waals surface area contributed by atoms with E-state index in [-0.39, 0.29) is 10.8 Å². The fraction of sp³-hybridized carbons (Fsp3) is 0.286. The molecule has 0 radical (unpaired) electrons. The summed E-state index contributed by atoms with van der Waals surface area (Å²) in [5.41, 5.74) is 3.99. The van der Waals surface area contributed by atoms with E-state index in [0.717, 1.165) is 23.1 Å². The second-order valence-corrected chi connectivity index (χ2v) is 8.70. The Bertz CT molecular complexity index is 973. The maximum atomic E-state index is 13.1. The van der Waals surface area contributed by atoms with Gasteiger partial charge >= 0.3 is 0 Å². The van der Waals surface area contributed by atoms with E-state index in [1.54, 1.807) is 29.2 Å². The van der Waals surface area contributed by atoms with Crippen LogP contribution in [0.3, 0.4) is 0 Å². The minimum Gasteiger partial charge on any atom is -0.334 e. The molecule has 1 amide bonds. The first-order valence-electron chi connectivity index (χ1n) is 8.72. The number of hydrogen-bond acceptors (Lipinski definition) is 3. The van der Waals surface area contributed by atoms with Crippen molar-refractivity contribution in [1.82, 2.24) is 4.90 Å². The maximum Gasteiger partial charge on any atom is 0.255 e. The SMILES string of the molecule is CCCN1CC(c2ccc(C)cc2)=C(c2ccccc2S(C)(=O)=O)C1=O. The molecule has 0 bridgehead atoms. The Hall–Kier alpha value is -2.40. The highest BCUT2D eigenvalue weighted by molar-refractivity contribution is 7.90. The molecule has 0 spiro atoms. The van der Waals surface area contributed by atoms with Crippen LogP contribution in [0.2, 0.25) is 0 Å². The lowest BCUT2D eigenvalue weighted by molar-refractivity contribution is -0.123. The van der Waals surface area contributed by atoms with Crippen LogP contribution in [0.4, 0.5) is 0 Å². The number of nitrogens with zero attached hydrogens (tertiary/aromatic N) is 1. The molecule has 136 valence electrons. The number of amides is 1. The van der Waals surface area contributed by atoms with Crippen molar-refractivity contribution in [2.24, 2.45) is 0 Å². The van der Waals surface area contributed by atoms with Crippen molar-refractivity contribution in [3.8, 4) is 0 Å². The first-order valence-corrected chi connectivity index (χ1v) is 10.6. The average molecular weight is 369 g/mol. The number of aryl methyl sites for hydroxylation is 1. The van der Waals surface area contributed by atoms with Crippen molar-refractivity contribution in [3.05, 3.63) is 65.2 Å². The Labute approximate surface area is 155 Å². The predicted molar refractivity (Wildman–Crippen MR) is 104 cm³/mol. The van der Waals surface area contributed by atoms with E-state index in [2.05, 4.69) is 0 Å². The minimum atomic E-state index is -3.44. The number of rotatable bonds is 5. The molecule has 4 nitrogen and oxygen atoms in total. The zero-order chi connectivity index (χ0) is 18.9. The highest BCUT2D eigenvalue weighted by Crippen LogP contribution is 2.37. The van der Waals surface area contributed by atoms with Gasteiger partial charge in [-0.15, -0.1) is 0 Å². The van der Waals surface area contributed by atoms with Crippen molar-refractivity contribution >= 4 is 26.9 Å². The molecular weight excluding hydrogens is 346 g/mol. The molecule has 2 aromatic carbocycles. The molecule has 1 aliphatic rings. The second-order valence-electron chi connectivity index (χ2n) is 6.71. The summed E-state index contributed by atoms with van der Waals surface area (Å²) in [5.74, 6) is -0.0986. The molecule has 0 saturated carbocycles. The van der Waals surface area contributed by atoms with Gasteiger partial charge in [0.05, 0.1) is 10.5 Å².